The lowest BCUT2D eigenvalue weighted by atomic mass is 10.1. The molecule has 2 aromatic heterocycles. The molecule has 1 unspecified atom stereocenters. The smallest absolute Gasteiger partial charge is 0.270 e. The fourth-order valence-electron chi connectivity index (χ4n) is 3.01. The quantitative estimate of drug-likeness (QED) is 0.665. The fraction of sp³-hybridized carbons (Fsp3) is 0.286. The molecular formula is C21H19N5O3. The first-order chi connectivity index (χ1) is 14.0. The lowest BCUT2D eigenvalue weighted by Crippen LogP contribution is -2.51. The van der Waals surface area contributed by atoms with Crippen molar-refractivity contribution in [3.05, 3.63) is 59.7 Å². The Balaban J connectivity index is 1.57. The fourth-order valence-corrected chi connectivity index (χ4v) is 3.01. The third-order valence-corrected chi connectivity index (χ3v) is 4.79. The van der Waals surface area contributed by atoms with Crippen LogP contribution in [0.25, 0.3) is 11.1 Å². The van der Waals surface area contributed by atoms with E-state index >= 15 is 0 Å². The van der Waals surface area contributed by atoms with Crippen molar-refractivity contribution in [3.63, 3.8) is 0 Å². The minimum Gasteiger partial charge on any atom is -0.441 e. The number of hydrogen-bond donors (Lipinski definition) is 2. The summed E-state index contributed by atoms with van der Waals surface area (Å²) < 4.78 is 5.70. The van der Waals surface area contributed by atoms with Gasteiger partial charge in [-0.1, -0.05) is 18.2 Å². The van der Waals surface area contributed by atoms with Crippen LogP contribution in [0.2, 0.25) is 0 Å². The number of nitriles is 1. The number of aromatic nitrogens is 2. The first kappa shape index (κ1) is 18.6. The number of benzene rings is 1. The summed E-state index contributed by atoms with van der Waals surface area (Å²) in [5, 5.41) is 14.7. The second-order valence-corrected chi connectivity index (χ2v) is 7.15. The molecule has 2 heterocycles. The van der Waals surface area contributed by atoms with E-state index in [1.807, 2.05) is 18.2 Å². The van der Waals surface area contributed by atoms with Crippen molar-refractivity contribution < 1.29 is 14.0 Å². The van der Waals surface area contributed by atoms with Crippen LogP contribution >= 0.6 is 0 Å². The van der Waals surface area contributed by atoms with E-state index in [2.05, 4.69) is 26.7 Å². The van der Waals surface area contributed by atoms with Gasteiger partial charge in [0.2, 0.25) is 5.91 Å². The van der Waals surface area contributed by atoms with E-state index in [1.54, 1.807) is 31.2 Å². The van der Waals surface area contributed by atoms with E-state index in [1.165, 1.54) is 0 Å². The maximum atomic E-state index is 12.8. The van der Waals surface area contributed by atoms with Crippen molar-refractivity contribution in [2.75, 3.05) is 0 Å². The van der Waals surface area contributed by atoms with Gasteiger partial charge < -0.3 is 15.1 Å². The molecule has 146 valence electrons. The van der Waals surface area contributed by atoms with Crippen LogP contribution in [0.4, 0.5) is 0 Å². The van der Waals surface area contributed by atoms with Gasteiger partial charge >= 0.3 is 0 Å². The number of nitrogens with one attached hydrogen (secondary N) is 2. The van der Waals surface area contributed by atoms with Crippen LogP contribution in [0.5, 0.6) is 0 Å². The standard InChI is InChI=1S/C21H19N5O3/c1-13-5-4-7-15(23-13)19(27)25-16(20(28)26-21(12-22)9-10-21)11-18-24-14-6-2-3-8-17(14)29-18/h2-8,16H,9-11H2,1H3,(H,25,27)(H,26,28). The van der Waals surface area contributed by atoms with Gasteiger partial charge in [-0.15, -0.1) is 0 Å². The lowest BCUT2D eigenvalue weighted by molar-refractivity contribution is -0.123. The average molecular weight is 389 g/mol. The Bertz CT molecular complexity index is 1090. The molecule has 0 aliphatic heterocycles. The number of hydrogen-bond acceptors (Lipinski definition) is 6. The zero-order chi connectivity index (χ0) is 20.4. The summed E-state index contributed by atoms with van der Waals surface area (Å²) in [6.45, 7) is 1.78. The van der Waals surface area contributed by atoms with E-state index in [-0.39, 0.29) is 12.1 Å². The summed E-state index contributed by atoms with van der Waals surface area (Å²) in [7, 11) is 0. The van der Waals surface area contributed by atoms with E-state index in [9.17, 15) is 14.9 Å². The lowest BCUT2D eigenvalue weighted by Gasteiger charge is -2.19. The molecular weight excluding hydrogens is 370 g/mol. The van der Waals surface area contributed by atoms with E-state index in [0.29, 0.717) is 35.5 Å². The zero-order valence-corrected chi connectivity index (χ0v) is 15.8. The molecule has 1 aliphatic carbocycles. The molecule has 4 rings (SSSR count). The van der Waals surface area contributed by atoms with Crippen molar-refractivity contribution in [1.82, 2.24) is 20.6 Å². The highest BCUT2D eigenvalue weighted by molar-refractivity contribution is 5.96. The minimum absolute atomic E-state index is 0.0551. The number of aryl methyl sites for hydroxylation is 1. The maximum absolute atomic E-state index is 12.8. The number of carbonyl (C=O) groups is 2. The number of rotatable bonds is 6. The molecule has 8 heteroatoms. The molecule has 1 aliphatic rings. The van der Waals surface area contributed by atoms with E-state index < -0.39 is 23.4 Å². The van der Waals surface area contributed by atoms with Crippen LogP contribution in [-0.2, 0) is 11.2 Å². The summed E-state index contributed by atoms with van der Waals surface area (Å²) in [6, 6.07) is 13.5. The minimum atomic E-state index is -0.955. The van der Waals surface area contributed by atoms with Gasteiger partial charge in [0.15, 0.2) is 11.5 Å². The van der Waals surface area contributed by atoms with Crippen molar-refractivity contribution >= 4 is 22.9 Å². The number of carbonyl (C=O) groups excluding carboxylic acids is 2. The molecule has 0 radical (unpaired) electrons. The van der Waals surface area contributed by atoms with Crippen molar-refractivity contribution in [3.8, 4) is 6.07 Å². The summed E-state index contributed by atoms with van der Waals surface area (Å²) in [6.07, 6.45) is 1.25. The maximum Gasteiger partial charge on any atom is 0.270 e. The average Bonchev–Trinajstić information content (AvgIpc) is 3.36. The molecule has 3 aromatic rings. The summed E-state index contributed by atoms with van der Waals surface area (Å²) in [4.78, 5) is 34.1. The molecule has 2 N–H and O–H groups in total. The van der Waals surface area contributed by atoms with Crippen LogP contribution in [-0.4, -0.2) is 33.4 Å². The molecule has 1 atom stereocenters. The number of fused-ring (bicyclic) bond motifs is 1. The van der Waals surface area contributed by atoms with Gasteiger partial charge in [0.05, 0.1) is 12.5 Å². The molecule has 1 fully saturated rings. The SMILES string of the molecule is Cc1cccc(C(=O)NC(Cc2nc3ccccc3o2)C(=O)NC2(C#N)CC2)n1. The number of nitrogens with zero attached hydrogens (tertiary/aromatic N) is 3. The van der Waals surface area contributed by atoms with Gasteiger partial charge in [0.25, 0.3) is 5.91 Å². The second kappa shape index (κ2) is 7.36. The topological polar surface area (TPSA) is 121 Å². The number of oxazole rings is 1. The Labute approximate surface area is 166 Å². The van der Waals surface area contributed by atoms with Crippen LogP contribution in [0, 0.1) is 18.3 Å². The number of para-hydroxylation sites is 2. The van der Waals surface area contributed by atoms with Gasteiger partial charge in [-0.2, -0.15) is 5.26 Å². The van der Waals surface area contributed by atoms with Crippen LogP contribution in [0.1, 0.15) is 34.9 Å². The predicted octanol–water partition coefficient (Wildman–Crippen LogP) is 2.04. The van der Waals surface area contributed by atoms with Crippen molar-refractivity contribution in [2.45, 2.75) is 37.8 Å². The first-order valence-electron chi connectivity index (χ1n) is 9.30. The summed E-state index contributed by atoms with van der Waals surface area (Å²) in [5.74, 6) is -0.607. The largest absolute Gasteiger partial charge is 0.441 e. The monoisotopic (exact) mass is 389 g/mol. The third-order valence-electron chi connectivity index (χ3n) is 4.79. The normalized spacial score (nSPS) is 15.3. The summed E-state index contributed by atoms with van der Waals surface area (Å²) >= 11 is 0. The van der Waals surface area contributed by atoms with E-state index in [4.69, 9.17) is 4.42 Å². The zero-order valence-electron chi connectivity index (χ0n) is 15.8. The first-order valence-corrected chi connectivity index (χ1v) is 9.30. The van der Waals surface area contributed by atoms with Gasteiger partial charge in [-0.25, -0.2) is 9.97 Å². The Morgan fingerprint density at radius 3 is 2.69 bits per heavy atom. The highest BCUT2D eigenvalue weighted by atomic mass is 16.3. The summed E-state index contributed by atoms with van der Waals surface area (Å²) in [5.41, 5.74) is 1.33. The highest BCUT2D eigenvalue weighted by Gasteiger charge is 2.45. The van der Waals surface area contributed by atoms with Gasteiger partial charge in [0, 0.05) is 5.69 Å². The number of pyridine rings is 1. The van der Waals surface area contributed by atoms with Crippen LogP contribution in [0.3, 0.4) is 0 Å². The van der Waals surface area contributed by atoms with Crippen molar-refractivity contribution in [2.24, 2.45) is 0 Å². The molecule has 0 saturated heterocycles. The molecule has 8 nitrogen and oxygen atoms in total. The second-order valence-electron chi connectivity index (χ2n) is 7.15. The molecule has 0 spiro atoms. The van der Waals surface area contributed by atoms with Gasteiger partial charge in [-0.3, -0.25) is 9.59 Å². The molecule has 29 heavy (non-hydrogen) atoms. The van der Waals surface area contributed by atoms with Crippen LogP contribution < -0.4 is 10.6 Å². The Kier molecular flexibility index (Phi) is 4.72. The molecule has 2 amide bonds. The molecule has 1 aromatic carbocycles. The number of amides is 2. The highest BCUT2D eigenvalue weighted by Crippen LogP contribution is 2.34. The Morgan fingerprint density at radius 2 is 2.00 bits per heavy atom. The van der Waals surface area contributed by atoms with Gasteiger partial charge in [0.1, 0.15) is 22.8 Å². The Morgan fingerprint density at radius 1 is 1.21 bits per heavy atom. The van der Waals surface area contributed by atoms with Crippen molar-refractivity contribution in [1.29, 1.82) is 5.26 Å². The predicted molar refractivity (Wildman–Crippen MR) is 104 cm³/mol. The molecule has 0 bridgehead atoms. The van der Waals surface area contributed by atoms with E-state index in [0.717, 1.165) is 0 Å². The van der Waals surface area contributed by atoms with Gasteiger partial charge in [-0.05, 0) is 44.0 Å². The van der Waals surface area contributed by atoms with Crippen LogP contribution in [0.15, 0.2) is 46.9 Å². The third kappa shape index (κ3) is 4.09. The Hall–Kier alpha value is -3.73. The molecule has 1 saturated carbocycles.